The van der Waals surface area contributed by atoms with Crippen LogP contribution in [0.4, 0.5) is 0 Å². The Kier molecular flexibility index (Phi) is 5.69. The van der Waals surface area contributed by atoms with Crippen LogP contribution in [-0.2, 0) is 10.0 Å². The molecule has 1 aromatic rings. The number of carboxylic acids is 1. The number of thiophene rings is 1. The first-order valence-corrected chi connectivity index (χ1v) is 8.44. The minimum Gasteiger partial charge on any atom is -0.477 e. The Morgan fingerprint density at radius 1 is 1.45 bits per heavy atom. The highest BCUT2D eigenvalue weighted by Gasteiger charge is 2.24. The van der Waals surface area contributed by atoms with Crippen LogP contribution in [0.2, 0.25) is 0 Å². The zero-order valence-corrected chi connectivity index (χ0v) is 13.2. The largest absolute Gasteiger partial charge is 0.477 e. The van der Waals surface area contributed by atoms with Crippen LogP contribution in [-0.4, -0.2) is 37.2 Å². The first-order chi connectivity index (χ1) is 9.17. The van der Waals surface area contributed by atoms with E-state index in [0.717, 1.165) is 0 Å². The van der Waals surface area contributed by atoms with Gasteiger partial charge in [-0.15, -0.1) is 11.3 Å². The third-order valence-corrected chi connectivity index (χ3v) is 5.87. The number of hydrogen-bond acceptors (Lipinski definition) is 5. The minimum absolute atomic E-state index is 0.00906. The van der Waals surface area contributed by atoms with E-state index in [-0.39, 0.29) is 21.6 Å². The van der Waals surface area contributed by atoms with Crippen molar-refractivity contribution in [2.75, 3.05) is 6.61 Å². The molecule has 0 saturated carbocycles. The van der Waals surface area contributed by atoms with Crippen LogP contribution in [0.3, 0.4) is 0 Å². The van der Waals surface area contributed by atoms with Crippen molar-refractivity contribution in [1.29, 1.82) is 0 Å². The van der Waals surface area contributed by atoms with Crippen molar-refractivity contribution < 1.29 is 23.4 Å². The lowest BCUT2D eigenvalue weighted by Gasteiger charge is -2.17. The van der Waals surface area contributed by atoms with Gasteiger partial charge in [0.05, 0.1) is 6.61 Å². The van der Waals surface area contributed by atoms with Crippen LogP contribution in [0.15, 0.2) is 10.3 Å². The van der Waals surface area contributed by atoms with E-state index in [1.54, 1.807) is 6.92 Å². The number of aryl methyl sites for hydroxylation is 1. The number of rotatable bonds is 7. The minimum atomic E-state index is -3.81. The van der Waals surface area contributed by atoms with Gasteiger partial charge in [-0.25, -0.2) is 17.9 Å². The predicted molar refractivity (Wildman–Crippen MR) is 76.7 cm³/mol. The fourth-order valence-corrected chi connectivity index (χ4v) is 4.44. The Morgan fingerprint density at radius 3 is 2.45 bits per heavy atom. The molecule has 1 heterocycles. The van der Waals surface area contributed by atoms with Crippen LogP contribution in [0.5, 0.6) is 0 Å². The van der Waals surface area contributed by atoms with E-state index < -0.39 is 22.0 Å². The predicted octanol–water partition coefficient (Wildman–Crippen LogP) is 1.44. The Morgan fingerprint density at radius 2 is 2.05 bits per heavy atom. The first kappa shape index (κ1) is 17.1. The van der Waals surface area contributed by atoms with Gasteiger partial charge >= 0.3 is 5.97 Å². The zero-order chi connectivity index (χ0) is 15.5. The third-order valence-electron chi connectivity index (χ3n) is 2.65. The molecule has 8 heteroatoms. The first-order valence-electron chi connectivity index (χ1n) is 6.14. The molecule has 0 aliphatic carbocycles. The number of aromatic carboxylic acids is 1. The van der Waals surface area contributed by atoms with Crippen molar-refractivity contribution in [2.24, 2.45) is 5.92 Å². The molecule has 0 radical (unpaired) electrons. The van der Waals surface area contributed by atoms with E-state index in [0.29, 0.717) is 23.3 Å². The molecule has 114 valence electrons. The smallest absolute Gasteiger partial charge is 0.346 e. The number of carboxylic acid groups (broad SMARTS) is 1. The molecule has 3 N–H and O–H groups in total. The third kappa shape index (κ3) is 4.27. The molecule has 1 atom stereocenters. The summed E-state index contributed by atoms with van der Waals surface area (Å²) in [6.45, 7) is 5.10. The Balaban J connectivity index is 2.99. The summed E-state index contributed by atoms with van der Waals surface area (Å²) in [6.07, 6.45) is 0.506. The van der Waals surface area contributed by atoms with E-state index in [4.69, 9.17) is 5.11 Å². The highest BCUT2D eigenvalue weighted by molar-refractivity contribution is 7.91. The van der Waals surface area contributed by atoms with E-state index in [1.807, 2.05) is 13.8 Å². The monoisotopic (exact) mass is 321 g/mol. The number of carbonyl (C=O) groups is 1. The fourth-order valence-electron chi connectivity index (χ4n) is 1.80. The quantitative estimate of drug-likeness (QED) is 0.705. The summed E-state index contributed by atoms with van der Waals surface area (Å²) in [5.41, 5.74) is 0.410. The van der Waals surface area contributed by atoms with Gasteiger partial charge in [-0.05, 0) is 30.9 Å². The summed E-state index contributed by atoms with van der Waals surface area (Å²) in [5.74, 6) is -0.913. The van der Waals surface area contributed by atoms with Crippen LogP contribution in [0.1, 0.15) is 35.5 Å². The summed E-state index contributed by atoms with van der Waals surface area (Å²) in [6, 6.07) is 0.760. The number of aliphatic hydroxyl groups excluding tert-OH is 1. The maximum atomic E-state index is 12.2. The molecule has 0 amide bonds. The van der Waals surface area contributed by atoms with Crippen LogP contribution in [0.25, 0.3) is 0 Å². The highest BCUT2D eigenvalue weighted by Crippen LogP contribution is 2.26. The molecule has 20 heavy (non-hydrogen) atoms. The molecule has 0 saturated heterocycles. The van der Waals surface area contributed by atoms with E-state index in [2.05, 4.69) is 4.72 Å². The molecule has 0 aliphatic rings. The lowest BCUT2D eigenvalue weighted by molar-refractivity contribution is 0.0701. The number of nitrogens with one attached hydrogen (secondary N) is 1. The fraction of sp³-hybridized carbons (Fsp3) is 0.583. The van der Waals surface area contributed by atoms with E-state index in [9.17, 15) is 18.3 Å². The molecular weight excluding hydrogens is 302 g/mol. The molecule has 0 aromatic carbocycles. The van der Waals surface area contributed by atoms with E-state index in [1.165, 1.54) is 6.07 Å². The molecule has 0 fully saturated rings. The van der Waals surface area contributed by atoms with Gasteiger partial charge in [0.1, 0.15) is 9.09 Å². The van der Waals surface area contributed by atoms with Gasteiger partial charge < -0.3 is 10.2 Å². The second-order valence-electron chi connectivity index (χ2n) is 5.01. The van der Waals surface area contributed by atoms with Crippen molar-refractivity contribution in [3.05, 3.63) is 16.5 Å². The van der Waals surface area contributed by atoms with Crippen molar-refractivity contribution >= 4 is 27.3 Å². The topological polar surface area (TPSA) is 104 Å². The Hall–Kier alpha value is -0.960. The molecule has 0 bridgehead atoms. The summed E-state index contributed by atoms with van der Waals surface area (Å²) in [5, 5.41) is 18.2. The lowest BCUT2D eigenvalue weighted by atomic mass is 10.1. The Labute approximate surface area is 122 Å². The summed E-state index contributed by atoms with van der Waals surface area (Å²) < 4.78 is 26.7. The van der Waals surface area contributed by atoms with Crippen molar-refractivity contribution in [1.82, 2.24) is 4.72 Å². The van der Waals surface area contributed by atoms with Crippen molar-refractivity contribution in [2.45, 2.75) is 37.4 Å². The number of sulfonamides is 1. The van der Waals surface area contributed by atoms with Gasteiger partial charge in [0, 0.05) is 6.04 Å². The second-order valence-corrected chi connectivity index (χ2v) is 8.01. The maximum absolute atomic E-state index is 12.2. The molecule has 0 aliphatic heterocycles. The van der Waals surface area contributed by atoms with Gasteiger partial charge in [-0.3, -0.25) is 0 Å². The van der Waals surface area contributed by atoms with Crippen LogP contribution in [0, 0.1) is 12.8 Å². The average Bonchev–Trinajstić information content (AvgIpc) is 2.70. The summed E-state index contributed by atoms with van der Waals surface area (Å²) >= 11 is 0.714. The SMILES string of the molecule is Cc1cc(S(=O)(=O)NC(CO)CC(C)C)sc1C(=O)O. The molecule has 6 nitrogen and oxygen atoms in total. The number of hydrogen-bond donors (Lipinski definition) is 3. The van der Waals surface area contributed by atoms with E-state index >= 15 is 0 Å². The molecule has 0 spiro atoms. The van der Waals surface area contributed by atoms with Crippen molar-refractivity contribution in [3.8, 4) is 0 Å². The lowest BCUT2D eigenvalue weighted by Crippen LogP contribution is -2.38. The van der Waals surface area contributed by atoms with Crippen LogP contribution >= 0.6 is 11.3 Å². The van der Waals surface area contributed by atoms with Gasteiger partial charge in [-0.2, -0.15) is 0 Å². The molecule has 1 unspecified atom stereocenters. The maximum Gasteiger partial charge on any atom is 0.346 e. The van der Waals surface area contributed by atoms with Crippen molar-refractivity contribution in [3.63, 3.8) is 0 Å². The van der Waals surface area contributed by atoms with Gasteiger partial charge in [0.25, 0.3) is 0 Å². The Bertz CT molecular complexity index is 577. The summed E-state index contributed by atoms with van der Waals surface area (Å²) in [4.78, 5) is 11.0. The second kappa shape index (κ2) is 6.66. The standard InChI is InChI=1S/C12H19NO5S2/c1-7(2)4-9(6-14)13-20(17,18)10-5-8(3)11(19-10)12(15)16/h5,7,9,13-14H,4,6H2,1-3H3,(H,15,16). The van der Waals surface area contributed by atoms with Gasteiger partial charge in [0.15, 0.2) is 0 Å². The van der Waals surface area contributed by atoms with Gasteiger partial charge in [0.2, 0.25) is 10.0 Å². The number of aliphatic hydroxyl groups is 1. The molecule has 1 rings (SSSR count). The highest BCUT2D eigenvalue weighted by atomic mass is 32.2. The average molecular weight is 321 g/mol. The van der Waals surface area contributed by atoms with Crippen LogP contribution < -0.4 is 4.72 Å². The zero-order valence-electron chi connectivity index (χ0n) is 11.6. The summed E-state index contributed by atoms with van der Waals surface area (Å²) in [7, 11) is -3.81. The van der Waals surface area contributed by atoms with Gasteiger partial charge in [-0.1, -0.05) is 13.8 Å². The normalized spacial score (nSPS) is 13.7. The molecule has 1 aromatic heterocycles. The molecular formula is C12H19NO5S2.